The number of nitrogens with zero attached hydrogens (tertiary/aromatic N) is 3. The van der Waals surface area contributed by atoms with Crippen LogP contribution in [0.15, 0.2) is 10.5 Å². The average Bonchev–Trinajstić information content (AvgIpc) is 3.57. The van der Waals surface area contributed by atoms with E-state index in [2.05, 4.69) is 20.9 Å². The average molecular weight is 563 g/mol. The van der Waals surface area contributed by atoms with Gasteiger partial charge in [0.15, 0.2) is 11.0 Å². The van der Waals surface area contributed by atoms with Gasteiger partial charge in [-0.25, -0.2) is 9.59 Å². The van der Waals surface area contributed by atoms with Crippen molar-refractivity contribution >= 4 is 57.3 Å². The number of anilines is 1. The van der Waals surface area contributed by atoms with Gasteiger partial charge in [0, 0.05) is 22.4 Å². The number of ether oxygens (including phenoxy) is 2. The first-order valence-electron chi connectivity index (χ1n) is 12.3. The van der Waals surface area contributed by atoms with Gasteiger partial charge in [-0.2, -0.15) is 0 Å². The summed E-state index contributed by atoms with van der Waals surface area (Å²) in [4.78, 5) is 39.6. The SMILES string of the molecule is CCOC(=O)c1sc(NC(=O)CSc2nnc(-c3csc4c3CCCC4)n2CC)c(C(=O)OCC)c1C. The summed E-state index contributed by atoms with van der Waals surface area (Å²) in [5.74, 6) is -0.558. The van der Waals surface area contributed by atoms with Crippen LogP contribution in [0.1, 0.15) is 69.6 Å². The van der Waals surface area contributed by atoms with Crippen LogP contribution in [0.4, 0.5) is 5.00 Å². The first kappa shape index (κ1) is 27.3. The van der Waals surface area contributed by atoms with E-state index in [1.165, 1.54) is 35.0 Å². The van der Waals surface area contributed by atoms with Crippen molar-refractivity contribution in [3.63, 3.8) is 0 Å². The number of thiophene rings is 2. The molecule has 0 saturated heterocycles. The Kier molecular flexibility index (Phi) is 9.04. The van der Waals surface area contributed by atoms with E-state index in [-0.39, 0.29) is 40.3 Å². The third kappa shape index (κ3) is 5.75. The zero-order valence-corrected chi connectivity index (χ0v) is 23.8. The van der Waals surface area contributed by atoms with Crippen LogP contribution in [0.3, 0.4) is 0 Å². The van der Waals surface area contributed by atoms with E-state index in [9.17, 15) is 14.4 Å². The van der Waals surface area contributed by atoms with E-state index in [0.29, 0.717) is 17.3 Å². The number of carbonyl (C=O) groups excluding carboxylic acids is 3. The largest absolute Gasteiger partial charge is 0.462 e. The Hall–Kier alpha value is -2.70. The van der Waals surface area contributed by atoms with Gasteiger partial charge in [-0.3, -0.25) is 4.79 Å². The quantitative estimate of drug-likeness (QED) is 0.260. The summed E-state index contributed by atoms with van der Waals surface area (Å²) in [6, 6.07) is 0. The van der Waals surface area contributed by atoms with Gasteiger partial charge in [-0.05, 0) is 64.5 Å². The van der Waals surface area contributed by atoms with E-state index in [4.69, 9.17) is 9.47 Å². The third-order valence-corrected chi connectivity index (χ3v) is 9.25. The van der Waals surface area contributed by atoms with Gasteiger partial charge in [-0.1, -0.05) is 11.8 Å². The van der Waals surface area contributed by atoms with Gasteiger partial charge in [0.25, 0.3) is 0 Å². The Morgan fingerprint density at radius 3 is 2.54 bits per heavy atom. The Bertz CT molecular complexity index is 1310. The van der Waals surface area contributed by atoms with E-state index in [1.54, 1.807) is 32.1 Å². The standard InChI is InChI=1S/C25H30N4O5S3/c1-5-29-21(16-12-35-17-11-9-8-10-15(16)17)27-28-25(29)36-13-18(30)26-22-19(23(31)33-6-2)14(4)20(37-22)24(32)34-7-3/h12H,5-11,13H2,1-4H3,(H,26,30). The number of fused-ring (bicyclic) bond motifs is 1. The fraction of sp³-hybridized carbons (Fsp3) is 0.480. The van der Waals surface area contributed by atoms with E-state index in [1.807, 2.05) is 11.5 Å². The van der Waals surface area contributed by atoms with Crippen molar-refractivity contribution in [3.8, 4) is 11.4 Å². The lowest BCUT2D eigenvalue weighted by atomic mass is 9.96. The zero-order valence-electron chi connectivity index (χ0n) is 21.3. The highest BCUT2D eigenvalue weighted by molar-refractivity contribution is 7.99. The molecule has 3 heterocycles. The van der Waals surface area contributed by atoms with Crippen LogP contribution in [-0.4, -0.2) is 51.6 Å². The summed E-state index contributed by atoms with van der Waals surface area (Å²) in [7, 11) is 0. The number of aromatic nitrogens is 3. The first-order valence-corrected chi connectivity index (χ1v) is 15.0. The van der Waals surface area contributed by atoms with Gasteiger partial charge in [-0.15, -0.1) is 32.9 Å². The van der Waals surface area contributed by atoms with Crippen LogP contribution in [-0.2, 0) is 33.7 Å². The molecule has 3 aromatic heterocycles. The number of thioether (sulfide) groups is 1. The van der Waals surface area contributed by atoms with Crippen molar-refractivity contribution in [2.24, 2.45) is 0 Å². The van der Waals surface area contributed by atoms with E-state index >= 15 is 0 Å². The predicted octanol–water partition coefficient (Wildman–Crippen LogP) is 5.36. The highest BCUT2D eigenvalue weighted by Crippen LogP contribution is 2.37. The number of hydrogen-bond acceptors (Lipinski definition) is 10. The molecule has 0 spiro atoms. The lowest BCUT2D eigenvalue weighted by Crippen LogP contribution is -2.17. The lowest BCUT2D eigenvalue weighted by Gasteiger charge is -2.13. The second-order valence-electron chi connectivity index (χ2n) is 8.35. The molecule has 12 heteroatoms. The van der Waals surface area contributed by atoms with Crippen LogP contribution in [0.5, 0.6) is 0 Å². The van der Waals surface area contributed by atoms with Crippen LogP contribution in [0.2, 0.25) is 0 Å². The fourth-order valence-corrected chi connectivity index (χ4v) is 7.33. The minimum absolute atomic E-state index is 0.0633. The first-order chi connectivity index (χ1) is 17.9. The van der Waals surface area contributed by atoms with Gasteiger partial charge >= 0.3 is 11.9 Å². The number of hydrogen-bond donors (Lipinski definition) is 1. The zero-order chi connectivity index (χ0) is 26.5. The normalized spacial score (nSPS) is 12.8. The molecule has 1 aliphatic carbocycles. The number of rotatable bonds is 10. The minimum Gasteiger partial charge on any atom is -0.462 e. The Morgan fingerprint density at radius 1 is 1.08 bits per heavy atom. The number of esters is 2. The molecule has 0 aromatic carbocycles. The van der Waals surface area contributed by atoms with Crippen molar-refractivity contribution in [3.05, 3.63) is 31.8 Å². The third-order valence-electron chi connectivity index (χ3n) is 6.01. The molecule has 1 aliphatic rings. The molecule has 0 fully saturated rings. The second-order valence-corrected chi connectivity index (χ2v) is 11.3. The summed E-state index contributed by atoms with van der Waals surface area (Å²) >= 11 is 4.08. The molecule has 0 atom stereocenters. The summed E-state index contributed by atoms with van der Waals surface area (Å²) in [5.41, 5.74) is 3.13. The minimum atomic E-state index is -0.593. The molecule has 0 radical (unpaired) electrons. The monoisotopic (exact) mass is 562 g/mol. The second kappa shape index (κ2) is 12.2. The molecule has 1 amide bonds. The molecular weight excluding hydrogens is 532 g/mol. The highest BCUT2D eigenvalue weighted by atomic mass is 32.2. The van der Waals surface area contributed by atoms with Crippen molar-refractivity contribution in [1.29, 1.82) is 0 Å². The highest BCUT2D eigenvalue weighted by Gasteiger charge is 2.28. The molecule has 4 rings (SSSR count). The summed E-state index contributed by atoms with van der Waals surface area (Å²) in [5, 5.41) is 14.7. The van der Waals surface area contributed by atoms with Gasteiger partial charge in [0.05, 0.1) is 24.5 Å². The van der Waals surface area contributed by atoms with Crippen molar-refractivity contribution in [2.75, 3.05) is 24.3 Å². The van der Waals surface area contributed by atoms with E-state index < -0.39 is 11.9 Å². The molecular formula is C25H30N4O5S3. The molecule has 0 bridgehead atoms. The van der Waals surface area contributed by atoms with Gasteiger partial charge < -0.3 is 19.4 Å². The molecule has 0 unspecified atom stereocenters. The molecule has 9 nitrogen and oxygen atoms in total. The number of amides is 1. The van der Waals surface area contributed by atoms with Gasteiger partial charge in [0.1, 0.15) is 9.88 Å². The molecule has 1 N–H and O–H groups in total. The molecule has 198 valence electrons. The summed E-state index contributed by atoms with van der Waals surface area (Å²) in [6.07, 6.45) is 4.60. The molecule has 3 aromatic rings. The van der Waals surface area contributed by atoms with Crippen molar-refractivity contribution < 1.29 is 23.9 Å². The van der Waals surface area contributed by atoms with Gasteiger partial charge in [0.2, 0.25) is 5.91 Å². The summed E-state index contributed by atoms with van der Waals surface area (Å²) in [6.45, 7) is 8.15. The number of nitrogens with one attached hydrogen (secondary N) is 1. The fourth-order valence-electron chi connectivity index (χ4n) is 4.30. The Labute approximate surface area is 228 Å². The molecule has 0 aliphatic heterocycles. The van der Waals surface area contributed by atoms with Crippen LogP contribution >= 0.6 is 34.4 Å². The maximum atomic E-state index is 12.9. The number of aryl methyl sites for hydroxylation is 1. The van der Waals surface area contributed by atoms with Crippen LogP contribution in [0.25, 0.3) is 11.4 Å². The van der Waals surface area contributed by atoms with Crippen LogP contribution in [0, 0.1) is 6.92 Å². The topological polar surface area (TPSA) is 112 Å². The van der Waals surface area contributed by atoms with E-state index in [0.717, 1.165) is 35.6 Å². The maximum absolute atomic E-state index is 12.9. The summed E-state index contributed by atoms with van der Waals surface area (Å²) < 4.78 is 12.3. The lowest BCUT2D eigenvalue weighted by molar-refractivity contribution is -0.113. The smallest absolute Gasteiger partial charge is 0.348 e. The molecule has 37 heavy (non-hydrogen) atoms. The molecule has 0 saturated carbocycles. The number of carbonyl (C=O) groups is 3. The Balaban J connectivity index is 1.51. The maximum Gasteiger partial charge on any atom is 0.348 e. The van der Waals surface area contributed by atoms with Crippen LogP contribution < -0.4 is 5.32 Å². The Morgan fingerprint density at radius 2 is 1.81 bits per heavy atom. The van der Waals surface area contributed by atoms with Crippen molar-refractivity contribution in [2.45, 2.75) is 65.1 Å². The van der Waals surface area contributed by atoms with Crippen molar-refractivity contribution in [1.82, 2.24) is 14.8 Å². The predicted molar refractivity (Wildman–Crippen MR) is 146 cm³/mol.